The van der Waals surface area contributed by atoms with Crippen molar-refractivity contribution < 1.29 is 9.53 Å². The van der Waals surface area contributed by atoms with Crippen LogP contribution in [0.1, 0.15) is 35.2 Å². The third-order valence-corrected chi connectivity index (χ3v) is 5.12. The van der Waals surface area contributed by atoms with E-state index in [0.717, 1.165) is 18.7 Å². The monoisotopic (exact) mass is 372 g/mol. The molecule has 2 aromatic rings. The number of halogens is 1. The Balaban J connectivity index is 1.57. The zero-order valence-corrected chi connectivity index (χ0v) is 15.9. The van der Waals surface area contributed by atoms with Crippen LogP contribution < -0.4 is 10.1 Å². The first-order valence-electron chi connectivity index (χ1n) is 9.12. The first-order chi connectivity index (χ1) is 12.7. The number of carbonyl (C=O) groups excluding carboxylic acids is 1. The van der Waals surface area contributed by atoms with E-state index in [0.29, 0.717) is 16.3 Å². The molecule has 1 N–H and O–H groups in total. The fourth-order valence-electron chi connectivity index (χ4n) is 3.23. The van der Waals surface area contributed by atoms with Gasteiger partial charge in [0.2, 0.25) is 0 Å². The van der Waals surface area contributed by atoms with Crippen LogP contribution >= 0.6 is 11.6 Å². The average molecular weight is 373 g/mol. The number of amides is 1. The number of ether oxygens (including phenoxy) is 1. The predicted molar refractivity (Wildman–Crippen MR) is 106 cm³/mol. The molecule has 2 aromatic carbocycles. The summed E-state index contributed by atoms with van der Waals surface area (Å²) in [4.78, 5) is 15.0. The average Bonchev–Trinajstić information content (AvgIpc) is 2.68. The molecule has 5 heteroatoms. The lowest BCUT2D eigenvalue weighted by Gasteiger charge is -2.26. The van der Waals surface area contributed by atoms with Crippen molar-refractivity contribution in [1.29, 1.82) is 0 Å². The molecule has 0 aliphatic carbocycles. The first-order valence-corrected chi connectivity index (χ1v) is 9.50. The molecule has 26 heavy (non-hydrogen) atoms. The van der Waals surface area contributed by atoms with Crippen molar-refractivity contribution in [2.75, 3.05) is 32.1 Å². The smallest absolute Gasteiger partial charge is 0.257 e. The van der Waals surface area contributed by atoms with Gasteiger partial charge in [-0.25, -0.2) is 0 Å². The molecule has 3 rings (SSSR count). The fraction of sp³-hybridized carbons (Fsp3) is 0.381. The van der Waals surface area contributed by atoms with E-state index < -0.39 is 0 Å². The van der Waals surface area contributed by atoms with Gasteiger partial charge in [0.1, 0.15) is 5.75 Å². The molecule has 0 unspecified atom stereocenters. The van der Waals surface area contributed by atoms with Gasteiger partial charge in [0.05, 0.1) is 17.7 Å². The van der Waals surface area contributed by atoms with E-state index in [1.807, 2.05) is 12.1 Å². The van der Waals surface area contributed by atoms with Gasteiger partial charge in [-0.2, -0.15) is 0 Å². The lowest BCUT2D eigenvalue weighted by Crippen LogP contribution is -2.31. The minimum Gasteiger partial charge on any atom is -0.497 e. The van der Waals surface area contributed by atoms with Gasteiger partial charge in [0.15, 0.2) is 0 Å². The second-order valence-electron chi connectivity index (χ2n) is 6.65. The minimum atomic E-state index is -0.241. The molecule has 1 heterocycles. The van der Waals surface area contributed by atoms with Crippen LogP contribution in [0.5, 0.6) is 5.75 Å². The zero-order valence-electron chi connectivity index (χ0n) is 15.1. The summed E-state index contributed by atoms with van der Waals surface area (Å²) < 4.78 is 5.16. The molecule has 138 valence electrons. The molecule has 0 spiro atoms. The van der Waals surface area contributed by atoms with Gasteiger partial charge in [0, 0.05) is 12.2 Å². The van der Waals surface area contributed by atoms with E-state index in [1.165, 1.54) is 37.9 Å². The standard InChI is InChI=1S/C21H25ClN2O2/c1-26-18-9-10-20(22)19(15-18)21(25)23-17-7-5-16(6-8-17)11-14-24-12-3-2-4-13-24/h5-10,15H,2-4,11-14H2,1H3,(H,23,25). The van der Waals surface area contributed by atoms with Crippen LogP contribution in [0.2, 0.25) is 5.02 Å². The number of nitrogens with one attached hydrogen (secondary N) is 1. The molecule has 0 radical (unpaired) electrons. The van der Waals surface area contributed by atoms with E-state index in [2.05, 4.69) is 22.3 Å². The summed E-state index contributed by atoms with van der Waals surface area (Å²) in [5.74, 6) is 0.363. The molecule has 0 atom stereocenters. The van der Waals surface area contributed by atoms with Crippen LogP contribution in [-0.4, -0.2) is 37.6 Å². The van der Waals surface area contributed by atoms with E-state index in [4.69, 9.17) is 16.3 Å². The highest BCUT2D eigenvalue weighted by Crippen LogP contribution is 2.23. The largest absolute Gasteiger partial charge is 0.497 e. The molecule has 1 aliphatic heterocycles. The second-order valence-corrected chi connectivity index (χ2v) is 7.06. The number of piperidine rings is 1. The summed E-state index contributed by atoms with van der Waals surface area (Å²) in [6, 6.07) is 13.1. The van der Waals surface area contributed by atoms with E-state index in [1.54, 1.807) is 25.3 Å². The Kier molecular flexibility index (Phi) is 6.53. The summed E-state index contributed by atoms with van der Waals surface area (Å²) in [7, 11) is 1.56. The van der Waals surface area contributed by atoms with Crippen LogP contribution in [-0.2, 0) is 6.42 Å². The van der Waals surface area contributed by atoms with Crippen LogP contribution in [0.25, 0.3) is 0 Å². The first kappa shape index (κ1) is 18.7. The summed E-state index contributed by atoms with van der Waals surface area (Å²) in [5, 5.41) is 3.30. The lowest BCUT2D eigenvalue weighted by molar-refractivity contribution is 0.102. The van der Waals surface area contributed by atoms with Gasteiger partial charge in [-0.05, 0) is 68.2 Å². The molecular formula is C21H25ClN2O2. The van der Waals surface area contributed by atoms with E-state index >= 15 is 0 Å². The van der Waals surface area contributed by atoms with E-state index in [9.17, 15) is 4.79 Å². The Morgan fingerprint density at radius 2 is 1.85 bits per heavy atom. The number of benzene rings is 2. The van der Waals surface area contributed by atoms with Gasteiger partial charge in [-0.3, -0.25) is 4.79 Å². The maximum atomic E-state index is 12.5. The van der Waals surface area contributed by atoms with Gasteiger partial charge < -0.3 is 15.0 Å². The predicted octanol–water partition coefficient (Wildman–Crippen LogP) is 4.63. The van der Waals surface area contributed by atoms with Crippen LogP contribution in [0.3, 0.4) is 0 Å². The molecule has 4 nitrogen and oxygen atoms in total. The van der Waals surface area contributed by atoms with Crippen molar-refractivity contribution in [3.8, 4) is 5.75 Å². The maximum Gasteiger partial charge on any atom is 0.257 e. The molecule has 0 aromatic heterocycles. The minimum absolute atomic E-state index is 0.241. The fourth-order valence-corrected chi connectivity index (χ4v) is 3.43. The molecular weight excluding hydrogens is 348 g/mol. The molecule has 1 fully saturated rings. The van der Waals surface area contributed by atoms with Gasteiger partial charge in [-0.15, -0.1) is 0 Å². The van der Waals surface area contributed by atoms with Crippen LogP contribution in [0, 0.1) is 0 Å². The summed E-state index contributed by atoms with van der Waals surface area (Å²) in [6.07, 6.45) is 5.04. The lowest BCUT2D eigenvalue weighted by atomic mass is 10.1. The van der Waals surface area contributed by atoms with Crippen molar-refractivity contribution in [2.24, 2.45) is 0 Å². The third-order valence-electron chi connectivity index (χ3n) is 4.80. The number of anilines is 1. The normalized spacial score (nSPS) is 14.8. The Morgan fingerprint density at radius 1 is 1.12 bits per heavy atom. The van der Waals surface area contributed by atoms with Crippen molar-refractivity contribution in [3.63, 3.8) is 0 Å². The van der Waals surface area contributed by atoms with Gasteiger partial charge >= 0.3 is 0 Å². The molecule has 0 saturated carbocycles. The number of carbonyl (C=O) groups is 1. The van der Waals surface area contributed by atoms with Gasteiger partial charge in [-0.1, -0.05) is 30.2 Å². The van der Waals surface area contributed by atoms with Crippen molar-refractivity contribution in [2.45, 2.75) is 25.7 Å². The number of likely N-dealkylation sites (tertiary alicyclic amines) is 1. The van der Waals surface area contributed by atoms with E-state index in [-0.39, 0.29) is 5.91 Å². The summed E-state index contributed by atoms with van der Waals surface area (Å²) >= 11 is 6.13. The second kappa shape index (κ2) is 9.06. The number of rotatable bonds is 6. The number of hydrogen-bond acceptors (Lipinski definition) is 3. The highest BCUT2D eigenvalue weighted by molar-refractivity contribution is 6.34. The van der Waals surface area contributed by atoms with Crippen molar-refractivity contribution >= 4 is 23.2 Å². The molecule has 1 amide bonds. The molecule has 1 saturated heterocycles. The van der Waals surface area contributed by atoms with Crippen LogP contribution in [0.4, 0.5) is 5.69 Å². The zero-order chi connectivity index (χ0) is 18.4. The Bertz CT molecular complexity index is 740. The molecule has 1 aliphatic rings. The highest BCUT2D eigenvalue weighted by atomic mass is 35.5. The number of hydrogen-bond donors (Lipinski definition) is 1. The van der Waals surface area contributed by atoms with Gasteiger partial charge in [0.25, 0.3) is 5.91 Å². The number of nitrogens with zero attached hydrogens (tertiary/aromatic N) is 1. The topological polar surface area (TPSA) is 41.6 Å². The SMILES string of the molecule is COc1ccc(Cl)c(C(=O)Nc2ccc(CCN3CCCCC3)cc2)c1. The highest BCUT2D eigenvalue weighted by Gasteiger charge is 2.13. The van der Waals surface area contributed by atoms with Crippen molar-refractivity contribution in [1.82, 2.24) is 4.90 Å². The molecule has 0 bridgehead atoms. The van der Waals surface area contributed by atoms with Crippen molar-refractivity contribution in [3.05, 3.63) is 58.6 Å². The van der Waals surface area contributed by atoms with Crippen LogP contribution in [0.15, 0.2) is 42.5 Å². The third kappa shape index (κ3) is 4.99. The number of methoxy groups -OCH3 is 1. The Hall–Kier alpha value is -2.04. The Labute approximate surface area is 160 Å². The summed E-state index contributed by atoms with van der Waals surface area (Å²) in [6.45, 7) is 3.54. The Morgan fingerprint density at radius 3 is 2.54 bits per heavy atom. The summed E-state index contributed by atoms with van der Waals surface area (Å²) in [5.41, 5.74) is 2.45. The quantitative estimate of drug-likeness (QED) is 0.803. The maximum absolute atomic E-state index is 12.5.